The first kappa shape index (κ1) is 18.5. The highest BCUT2D eigenvalue weighted by molar-refractivity contribution is 8.13. The molecule has 0 aliphatic rings. The number of aromatic carboxylic acids is 1. The van der Waals surface area contributed by atoms with Crippen molar-refractivity contribution in [2.24, 2.45) is 0 Å². The van der Waals surface area contributed by atoms with E-state index in [9.17, 15) is 19.2 Å². The molecule has 23 heavy (non-hydrogen) atoms. The van der Waals surface area contributed by atoms with E-state index < -0.39 is 29.2 Å². The Morgan fingerprint density at radius 3 is 2.48 bits per heavy atom. The number of benzene rings is 1. The number of para-hydroxylation sites is 1. The van der Waals surface area contributed by atoms with E-state index in [1.165, 1.54) is 31.2 Å². The highest BCUT2D eigenvalue weighted by atomic mass is 32.2. The lowest BCUT2D eigenvalue weighted by molar-refractivity contribution is -0.144. The molecule has 0 bridgehead atoms. The van der Waals surface area contributed by atoms with Gasteiger partial charge in [0.2, 0.25) is 5.91 Å². The molecule has 124 valence electrons. The molecular formula is C14H15NO7S. The van der Waals surface area contributed by atoms with Crippen LogP contribution in [0.2, 0.25) is 0 Å². The molecule has 0 saturated carbocycles. The van der Waals surface area contributed by atoms with E-state index in [1.54, 1.807) is 0 Å². The summed E-state index contributed by atoms with van der Waals surface area (Å²) in [4.78, 5) is 45.3. The summed E-state index contributed by atoms with van der Waals surface area (Å²) in [6, 6.07) is 4.65. The van der Waals surface area contributed by atoms with E-state index in [2.05, 4.69) is 10.1 Å². The van der Waals surface area contributed by atoms with Crippen molar-refractivity contribution in [3.63, 3.8) is 0 Å². The number of carboxylic acids is 1. The van der Waals surface area contributed by atoms with E-state index in [0.29, 0.717) is 11.8 Å². The van der Waals surface area contributed by atoms with Gasteiger partial charge in [0.25, 0.3) is 0 Å². The Balaban J connectivity index is 2.67. The molecule has 1 rings (SSSR count). The lowest BCUT2D eigenvalue weighted by Gasteiger charge is -2.14. The van der Waals surface area contributed by atoms with Crippen molar-refractivity contribution >= 4 is 34.9 Å². The molecule has 0 fully saturated rings. The second-order valence-electron chi connectivity index (χ2n) is 4.24. The van der Waals surface area contributed by atoms with Crippen molar-refractivity contribution < 1.29 is 33.8 Å². The summed E-state index contributed by atoms with van der Waals surface area (Å²) in [6.45, 7) is 1.22. The highest BCUT2D eigenvalue weighted by Crippen LogP contribution is 2.20. The van der Waals surface area contributed by atoms with Gasteiger partial charge in [-0.3, -0.25) is 4.79 Å². The van der Waals surface area contributed by atoms with Crippen molar-refractivity contribution in [2.75, 3.05) is 12.9 Å². The fourth-order valence-corrected chi connectivity index (χ4v) is 2.23. The highest BCUT2D eigenvalue weighted by Gasteiger charge is 2.23. The van der Waals surface area contributed by atoms with Gasteiger partial charge in [-0.25, -0.2) is 14.4 Å². The van der Waals surface area contributed by atoms with Gasteiger partial charge in [-0.2, -0.15) is 0 Å². The summed E-state index contributed by atoms with van der Waals surface area (Å²) in [5.41, 5.74) is -0.159. The molecule has 0 aliphatic carbocycles. The zero-order chi connectivity index (χ0) is 17.4. The largest absolute Gasteiger partial charge is 0.478 e. The number of carbonyl (C=O) groups is 4. The Labute approximate surface area is 136 Å². The van der Waals surface area contributed by atoms with Crippen molar-refractivity contribution in [3.8, 4) is 5.75 Å². The summed E-state index contributed by atoms with van der Waals surface area (Å²) in [7, 11) is 1.16. The predicted molar refractivity (Wildman–Crippen MR) is 81.5 cm³/mol. The molecular weight excluding hydrogens is 326 g/mol. The smallest absolute Gasteiger partial charge is 0.372 e. The first-order valence-corrected chi connectivity index (χ1v) is 7.35. The van der Waals surface area contributed by atoms with E-state index in [4.69, 9.17) is 9.84 Å². The van der Waals surface area contributed by atoms with Gasteiger partial charge in [0, 0.05) is 12.7 Å². The second kappa shape index (κ2) is 8.79. The minimum absolute atomic E-state index is 0.105. The molecule has 8 nitrogen and oxygen atoms in total. The molecule has 1 amide bonds. The maximum Gasteiger partial charge on any atom is 0.372 e. The molecule has 1 aromatic carbocycles. The topological polar surface area (TPSA) is 119 Å². The first-order chi connectivity index (χ1) is 10.8. The van der Waals surface area contributed by atoms with Crippen LogP contribution in [-0.2, 0) is 14.3 Å². The van der Waals surface area contributed by atoms with E-state index in [1.807, 2.05) is 0 Å². The molecule has 0 saturated heterocycles. The number of hydrogen-bond acceptors (Lipinski definition) is 7. The quantitative estimate of drug-likeness (QED) is 0.743. The molecule has 0 aliphatic heterocycles. The summed E-state index contributed by atoms with van der Waals surface area (Å²) in [5.74, 6) is -2.60. The number of carboxylic acid groups (broad SMARTS) is 1. The van der Waals surface area contributed by atoms with Gasteiger partial charge in [-0.05, 0) is 23.9 Å². The Bertz CT molecular complexity index is 617. The Morgan fingerprint density at radius 2 is 1.91 bits per heavy atom. The van der Waals surface area contributed by atoms with Crippen molar-refractivity contribution in [2.45, 2.75) is 13.0 Å². The SMILES string of the molecule is COC(=O)C(CSC(=O)Oc1ccccc1C(=O)O)NC(C)=O. The molecule has 2 N–H and O–H groups in total. The standard InChI is InChI=1S/C14H15NO7S/c1-8(16)15-10(13(19)21-2)7-23-14(20)22-11-6-4-3-5-9(11)12(17)18/h3-6,10H,7H2,1-2H3,(H,15,16)(H,17,18). The van der Waals surface area contributed by atoms with Crippen molar-refractivity contribution in [1.29, 1.82) is 0 Å². The monoisotopic (exact) mass is 341 g/mol. The van der Waals surface area contributed by atoms with Gasteiger partial charge in [0.05, 0.1) is 7.11 Å². The van der Waals surface area contributed by atoms with Crippen LogP contribution in [0, 0.1) is 0 Å². The van der Waals surface area contributed by atoms with Crippen LogP contribution >= 0.6 is 11.8 Å². The molecule has 0 spiro atoms. The minimum Gasteiger partial charge on any atom is -0.478 e. The maximum atomic E-state index is 11.8. The number of carbonyl (C=O) groups excluding carboxylic acids is 3. The molecule has 0 aromatic heterocycles. The van der Waals surface area contributed by atoms with Crippen LogP contribution in [0.25, 0.3) is 0 Å². The molecule has 0 radical (unpaired) electrons. The lowest BCUT2D eigenvalue weighted by Crippen LogP contribution is -2.42. The lowest BCUT2D eigenvalue weighted by atomic mass is 10.2. The predicted octanol–water partition coefficient (Wildman–Crippen LogP) is 1.29. The van der Waals surface area contributed by atoms with Crippen LogP contribution in [0.5, 0.6) is 5.75 Å². The second-order valence-corrected chi connectivity index (χ2v) is 5.20. The minimum atomic E-state index is -1.23. The van der Waals surface area contributed by atoms with Gasteiger partial charge in [0.15, 0.2) is 0 Å². The van der Waals surface area contributed by atoms with Crippen LogP contribution < -0.4 is 10.1 Å². The number of ether oxygens (including phenoxy) is 2. The third-order valence-electron chi connectivity index (χ3n) is 2.54. The number of nitrogens with one attached hydrogen (secondary N) is 1. The van der Waals surface area contributed by atoms with E-state index in [0.717, 1.165) is 7.11 Å². The average Bonchev–Trinajstić information content (AvgIpc) is 2.50. The third-order valence-corrected chi connectivity index (χ3v) is 3.36. The van der Waals surface area contributed by atoms with Crippen LogP contribution in [0.4, 0.5) is 4.79 Å². The van der Waals surface area contributed by atoms with Crippen molar-refractivity contribution in [3.05, 3.63) is 29.8 Å². The molecule has 1 atom stereocenters. The summed E-state index contributed by atoms with van der Waals surface area (Å²) in [5, 5.41) is 10.5. The number of esters is 1. The molecule has 1 aromatic rings. The van der Waals surface area contributed by atoms with Crippen LogP contribution in [0.3, 0.4) is 0 Å². The number of amides is 1. The van der Waals surface area contributed by atoms with Gasteiger partial charge >= 0.3 is 17.2 Å². The van der Waals surface area contributed by atoms with Crippen molar-refractivity contribution in [1.82, 2.24) is 5.32 Å². The summed E-state index contributed by atoms with van der Waals surface area (Å²) < 4.78 is 9.47. The van der Waals surface area contributed by atoms with Gasteiger partial charge < -0.3 is 19.9 Å². The maximum absolute atomic E-state index is 11.8. The van der Waals surface area contributed by atoms with Gasteiger partial charge in [-0.15, -0.1) is 0 Å². The number of methoxy groups -OCH3 is 1. The third kappa shape index (κ3) is 5.99. The van der Waals surface area contributed by atoms with Gasteiger partial charge in [-0.1, -0.05) is 12.1 Å². The average molecular weight is 341 g/mol. The number of rotatable bonds is 6. The molecule has 9 heteroatoms. The van der Waals surface area contributed by atoms with Crippen LogP contribution in [0.15, 0.2) is 24.3 Å². The first-order valence-electron chi connectivity index (χ1n) is 6.37. The molecule has 0 heterocycles. The van der Waals surface area contributed by atoms with E-state index in [-0.39, 0.29) is 17.1 Å². The van der Waals surface area contributed by atoms with Crippen LogP contribution in [0.1, 0.15) is 17.3 Å². The normalized spacial score (nSPS) is 11.2. The summed E-state index contributed by atoms with van der Waals surface area (Å²) >= 11 is 0.616. The fraction of sp³-hybridized carbons (Fsp3) is 0.286. The Hall–Kier alpha value is -2.55. The number of hydrogen-bond donors (Lipinski definition) is 2. The van der Waals surface area contributed by atoms with Gasteiger partial charge in [0.1, 0.15) is 17.4 Å². The fourth-order valence-electron chi connectivity index (χ4n) is 1.56. The van der Waals surface area contributed by atoms with Crippen LogP contribution in [-0.4, -0.2) is 47.2 Å². The molecule has 1 unspecified atom stereocenters. The zero-order valence-corrected chi connectivity index (χ0v) is 13.2. The number of thioether (sulfide) groups is 1. The zero-order valence-electron chi connectivity index (χ0n) is 12.4. The summed E-state index contributed by atoms with van der Waals surface area (Å²) in [6.07, 6.45) is 0. The Morgan fingerprint density at radius 1 is 1.26 bits per heavy atom. The Kier molecular flexibility index (Phi) is 7.07. The van der Waals surface area contributed by atoms with E-state index >= 15 is 0 Å².